The maximum Gasteiger partial charge on any atom is 0.317 e. The van der Waals surface area contributed by atoms with Crippen LogP contribution in [0.3, 0.4) is 0 Å². The van der Waals surface area contributed by atoms with Gasteiger partial charge in [-0.1, -0.05) is 13.0 Å². The molecule has 0 radical (unpaired) electrons. The van der Waals surface area contributed by atoms with Gasteiger partial charge < -0.3 is 15.2 Å². The predicted octanol–water partition coefficient (Wildman–Crippen LogP) is 4.33. The molecule has 0 bridgehead atoms. The fraction of sp³-hybridized carbons (Fsp3) is 0.625. The molecular formula is C24H36N4O. The SMILES string of the molecule is CCCN1C[C@@H](NC(=O)N(CC)CC)CC2c3cc(C)cc4[nH]c(C)c(c34)C[C@H]21. The molecule has 1 unspecified atom stereocenters. The first-order valence-corrected chi connectivity index (χ1v) is 11.4. The molecule has 4 rings (SSSR count). The molecule has 0 spiro atoms. The number of amides is 2. The van der Waals surface area contributed by atoms with Gasteiger partial charge in [0.1, 0.15) is 0 Å². The quantitative estimate of drug-likeness (QED) is 0.790. The van der Waals surface area contributed by atoms with E-state index < -0.39 is 0 Å². The number of nitrogens with zero attached hydrogens (tertiary/aromatic N) is 2. The van der Waals surface area contributed by atoms with Gasteiger partial charge in [-0.3, -0.25) is 4.90 Å². The van der Waals surface area contributed by atoms with Crippen molar-refractivity contribution in [1.29, 1.82) is 0 Å². The van der Waals surface area contributed by atoms with Gasteiger partial charge in [0.15, 0.2) is 0 Å². The Morgan fingerprint density at radius 3 is 2.69 bits per heavy atom. The van der Waals surface area contributed by atoms with Crippen LogP contribution in [-0.2, 0) is 6.42 Å². The number of H-pyrrole nitrogens is 1. The number of carbonyl (C=O) groups is 1. The van der Waals surface area contributed by atoms with Crippen molar-refractivity contribution in [3.8, 4) is 0 Å². The third-order valence-electron chi connectivity index (χ3n) is 7.02. The van der Waals surface area contributed by atoms with E-state index in [0.29, 0.717) is 12.0 Å². The maximum absolute atomic E-state index is 12.7. The number of nitrogens with one attached hydrogen (secondary N) is 2. The van der Waals surface area contributed by atoms with E-state index in [1.165, 1.54) is 33.3 Å². The number of likely N-dealkylation sites (tertiary alicyclic amines) is 1. The van der Waals surface area contributed by atoms with Gasteiger partial charge in [-0.05, 0) is 76.3 Å². The number of hydrogen-bond acceptors (Lipinski definition) is 2. The monoisotopic (exact) mass is 396 g/mol. The van der Waals surface area contributed by atoms with Crippen molar-refractivity contribution in [3.63, 3.8) is 0 Å². The highest BCUT2D eigenvalue weighted by Crippen LogP contribution is 2.45. The molecule has 2 aliphatic rings. The standard InChI is InChI=1S/C24H36N4O/c1-6-9-28-14-17(26-24(29)27(7-2)8-3)12-19-20-10-15(4)11-21-23(20)18(13-22(19)28)16(5)25-21/h10-11,17,19,22,25H,6-9,12-14H2,1-5H3,(H,26,29)/t17-,19?,22+/m0/s1. The summed E-state index contributed by atoms with van der Waals surface area (Å²) in [6.45, 7) is 14.3. The van der Waals surface area contributed by atoms with Crippen LogP contribution in [0, 0.1) is 13.8 Å². The Hall–Kier alpha value is -2.01. The van der Waals surface area contributed by atoms with E-state index in [1.54, 1.807) is 0 Å². The lowest BCUT2D eigenvalue weighted by atomic mass is 9.73. The van der Waals surface area contributed by atoms with Crippen molar-refractivity contribution >= 4 is 16.9 Å². The summed E-state index contributed by atoms with van der Waals surface area (Å²) in [6.07, 6.45) is 3.28. The highest BCUT2D eigenvalue weighted by molar-refractivity contribution is 5.90. The van der Waals surface area contributed by atoms with Crippen LogP contribution in [-0.4, -0.2) is 59.1 Å². The van der Waals surface area contributed by atoms with Crippen molar-refractivity contribution < 1.29 is 4.79 Å². The Kier molecular flexibility index (Phi) is 5.60. The number of aromatic amines is 1. The number of rotatable bonds is 5. The molecule has 1 aromatic carbocycles. The van der Waals surface area contributed by atoms with Crippen molar-refractivity contribution in [1.82, 2.24) is 20.1 Å². The topological polar surface area (TPSA) is 51.4 Å². The number of aryl methyl sites for hydroxylation is 2. The van der Waals surface area contributed by atoms with E-state index in [2.05, 4.69) is 48.1 Å². The molecule has 1 fully saturated rings. The number of fused-ring (bicyclic) bond motifs is 2. The lowest BCUT2D eigenvalue weighted by Crippen LogP contribution is -2.58. The summed E-state index contributed by atoms with van der Waals surface area (Å²) in [5, 5.41) is 4.80. The number of carbonyl (C=O) groups excluding carboxylic acids is 1. The molecule has 29 heavy (non-hydrogen) atoms. The second kappa shape index (κ2) is 8.02. The Bertz CT molecular complexity index is 898. The maximum atomic E-state index is 12.7. The third-order valence-corrected chi connectivity index (χ3v) is 7.02. The largest absolute Gasteiger partial charge is 0.358 e. The zero-order chi connectivity index (χ0) is 20.7. The lowest BCUT2D eigenvalue weighted by Gasteiger charge is -2.47. The highest BCUT2D eigenvalue weighted by Gasteiger charge is 2.41. The molecule has 1 aliphatic heterocycles. The number of aromatic nitrogens is 1. The number of urea groups is 1. The van der Waals surface area contributed by atoms with E-state index in [0.717, 1.165) is 45.4 Å². The minimum atomic E-state index is 0.0817. The lowest BCUT2D eigenvalue weighted by molar-refractivity contribution is 0.0978. The second-order valence-corrected chi connectivity index (χ2v) is 8.93. The van der Waals surface area contributed by atoms with E-state index in [4.69, 9.17) is 0 Å². The average Bonchev–Trinajstić information content (AvgIpc) is 2.99. The minimum Gasteiger partial charge on any atom is -0.358 e. The van der Waals surface area contributed by atoms with Gasteiger partial charge in [0.05, 0.1) is 0 Å². The van der Waals surface area contributed by atoms with Gasteiger partial charge in [0, 0.05) is 54.2 Å². The van der Waals surface area contributed by atoms with Gasteiger partial charge in [-0.15, -0.1) is 0 Å². The first kappa shape index (κ1) is 20.3. The molecular weight excluding hydrogens is 360 g/mol. The smallest absolute Gasteiger partial charge is 0.317 e. The van der Waals surface area contributed by atoms with Crippen LogP contribution in [0.15, 0.2) is 12.1 Å². The summed E-state index contributed by atoms with van der Waals surface area (Å²) >= 11 is 0. The normalized spacial score (nSPS) is 23.8. The number of hydrogen-bond donors (Lipinski definition) is 2. The molecule has 2 amide bonds. The zero-order valence-electron chi connectivity index (χ0n) is 18.6. The number of benzene rings is 1. The van der Waals surface area contributed by atoms with Gasteiger partial charge in [-0.25, -0.2) is 4.79 Å². The van der Waals surface area contributed by atoms with Gasteiger partial charge in [0.2, 0.25) is 0 Å². The Morgan fingerprint density at radius 2 is 2.00 bits per heavy atom. The first-order chi connectivity index (χ1) is 14.0. The molecule has 2 N–H and O–H groups in total. The summed E-state index contributed by atoms with van der Waals surface area (Å²) in [5.74, 6) is 0.474. The van der Waals surface area contributed by atoms with Crippen LogP contribution in [0.5, 0.6) is 0 Å². The van der Waals surface area contributed by atoms with E-state index >= 15 is 0 Å². The van der Waals surface area contributed by atoms with Crippen molar-refractivity contribution in [2.24, 2.45) is 0 Å². The summed E-state index contributed by atoms with van der Waals surface area (Å²) in [5.41, 5.74) is 6.90. The highest BCUT2D eigenvalue weighted by atomic mass is 16.2. The van der Waals surface area contributed by atoms with Gasteiger partial charge in [0.25, 0.3) is 0 Å². The molecule has 0 saturated carbocycles. The van der Waals surface area contributed by atoms with Crippen LogP contribution in [0.25, 0.3) is 10.9 Å². The molecule has 158 valence electrons. The summed E-state index contributed by atoms with van der Waals surface area (Å²) < 4.78 is 0. The molecule has 3 atom stereocenters. The fourth-order valence-electron chi connectivity index (χ4n) is 5.71. The van der Waals surface area contributed by atoms with Crippen LogP contribution in [0.1, 0.15) is 61.9 Å². The Labute approximate surface area is 174 Å². The van der Waals surface area contributed by atoms with Crippen molar-refractivity contribution in [2.45, 2.75) is 71.9 Å². The Balaban J connectivity index is 1.69. The fourth-order valence-corrected chi connectivity index (χ4v) is 5.71. The molecule has 5 heteroatoms. The summed E-state index contributed by atoms with van der Waals surface area (Å²) in [7, 11) is 0. The Morgan fingerprint density at radius 1 is 1.24 bits per heavy atom. The van der Waals surface area contributed by atoms with Gasteiger partial charge in [-0.2, -0.15) is 0 Å². The second-order valence-electron chi connectivity index (χ2n) is 8.93. The van der Waals surface area contributed by atoms with Crippen LogP contribution in [0.2, 0.25) is 0 Å². The number of piperidine rings is 1. The zero-order valence-corrected chi connectivity index (χ0v) is 18.6. The summed E-state index contributed by atoms with van der Waals surface area (Å²) in [4.78, 5) is 20.9. The van der Waals surface area contributed by atoms with E-state index in [-0.39, 0.29) is 12.1 Å². The average molecular weight is 397 g/mol. The van der Waals surface area contributed by atoms with Gasteiger partial charge >= 0.3 is 6.03 Å². The molecule has 5 nitrogen and oxygen atoms in total. The molecule has 2 aromatic rings. The van der Waals surface area contributed by atoms with Crippen LogP contribution < -0.4 is 5.32 Å². The summed E-state index contributed by atoms with van der Waals surface area (Å²) in [6, 6.07) is 5.49. The van der Waals surface area contributed by atoms with E-state index in [9.17, 15) is 4.79 Å². The molecule has 1 aliphatic carbocycles. The van der Waals surface area contributed by atoms with Crippen LogP contribution >= 0.6 is 0 Å². The van der Waals surface area contributed by atoms with Crippen LogP contribution in [0.4, 0.5) is 4.79 Å². The van der Waals surface area contributed by atoms with Crippen molar-refractivity contribution in [2.75, 3.05) is 26.2 Å². The predicted molar refractivity (Wildman–Crippen MR) is 120 cm³/mol. The third kappa shape index (κ3) is 3.54. The molecule has 1 saturated heterocycles. The molecule has 2 heterocycles. The molecule has 1 aromatic heterocycles. The van der Waals surface area contributed by atoms with E-state index in [1.807, 2.05) is 18.7 Å². The minimum absolute atomic E-state index is 0.0817. The first-order valence-electron chi connectivity index (χ1n) is 11.4. The van der Waals surface area contributed by atoms with Crippen molar-refractivity contribution in [3.05, 3.63) is 34.5 Å².